The second kappa shape index (κ2) is 7.81. The number of nitrogens with one attached hydrogen (secondary N) is 2. The Bertz CT molecular complexity index is 317. The highest BCUT2D eigenvalue weighted by Gasteiger charge is 2.01. The highest BCUT2D eigenvalue weighted by atomic mass is 15.3. The summed E-state index contributed by atoms with van der Waals surface area (Å²) in [6.45, 7) is 8.47. The van der Waals surface area contributed by atoms with Gasteiger partial charge in [0.25, 0.3) is 0 Å². The van der Waals surface area contributed by atoms with E-state index in [9.17, 15) is 0 Å². The zero-order chi connectivity index (χ0) is 12.5. The van der Waals surface area contributed by atoms with Crippen molar-refractivity contribution in [3.8, 4) is 0 Å². The molecule has 6 heteroatoms. The van der Waals surface area contributed by atoms with Crippen LogP contribution in [-0.4, -0.2) is 41.0 Å². The lowest BCUT2D eigenvalue weighted by Gasteiger charge is -2.19. The fourth-order valence-corrected chi connectivity index (χ4v) is 1.62. The third-order valence-corrected chi connectivity index (χ3v) is 2.54. The van der Waals surface area contributed by atoms with Crippen molar-refractivity contribution in [2.24, 2.45) is 5.84 Å². The van der Waals surface area contributed by atoms with Crippen LogP contribution in [0.25, 0.3) is 0 Å². The Hall–Kier alpha value is -1.40. The maximum absolute atomic E-state index is 5.28. The fourth-order valence-electron chi connectivity index (χ4n) is 1.62. The molecule has 0 bridgehead atoms. The number of nitrogens with two attached hydrogens (primary N) is 1. The normalized spacial score (nSPS) is 10.6. The van der Waals surface area contributed by atoms with E-state index in [2.05, 4.69) is 39.5 Å². The van der Waals surface area contributed by atoms with Gasteiger partial charge in [-0.2, -0.15) is 0 Å². The lowest BCUT2D eigenvalue weighted by Crippen LogP contribution is -2.29. The number of aromatic nitrogens is 2. The van der Waals surface area contributed by atoms with E-state index in [0.717, 1.165) is 32.0 Å². The quantitative estimate of drug-likeness (QED) is 0.461. The molecule has 1 rings (SSSR count). The molecular weight excluding hydrogens is 216 g/mol. The highest BCUT2D eigenvalue weighted by molar-refractivity contribution is 5.45. The maximum atomic E-state index is 5.28. The Morgan fingerprint density at radius 2 is 2.00 bits per heavy atom. The van der Waals surface area contributed by atoms with Crippen LogP contribution < -0.4 is 16.6 Å². The van der Waals surface area contributed by atoms with Crippen LogP contribution in [0.5, 0.6) is 0 Å². The molecule has 0 spiro atoms. The third kappa shape index (κ3) is 4.97. The summed E-state index contributed by atoms with van der Waals surface area (Å²) in [6, 6.07) is 1.79. The number of anilines is 2. The van der Waals surface area contributed by atoms with E-state index in [-0.39, 0.29) is 0 Å². The van der Waals surface area contributed by atoms with Gasteiger partial charge in [0, 0.05) is 19.2 Å². The molecule has 17 heavy (non-hydrogen) atoms. The molecule has 96 valence electrons. The van der Waals surface area contributed by atoms with Crippen LogP contribution in [0.4, 0.5) is 11.6 Å². The highest BCUT2D eigenvalue weighted by Crippen LogP contribution is 2.06. The van der Waals surface area contributed by atoms with Crippen molar-refractivity contribution >= 4 is 11.6 Å². The van der Waals surface area contributed by atoms with E-state index in [0.29, 0.717) is 5.82 Å². The zero-order valence-electron chi connectivity index (χ0n) is 10.6. The van der Waals surface area contributed by atoms with E-state index in [4.69, 9.17) is 5.84 Å². The summed E-state index contributed by atoms with van der Waals surface area (Å²) in [6.07, 6.45) is 2.67. The predicted octanol–water partition coefficient (Wildman–Crippen LogP) is 0.906. The molecule has 0 radical (unpaired) electrons. The van der Waals surface area contributed by atoms with Gasteiger partial charge in [-0.3, -0.25) is 0 Å². The zero-order valence-corrected chi connectivity index (χ0v) is 10.6. The largest absolute Gasteiger partial charge is 0.369 e. The van der Waals surface area contributed by atoms with Gasteiger partial charge in [0.15, 0.2) is 0 Å². The van der Waals surface area contributed by atoms with E-state index in [1.165, 1.54) is 12.7 Å². The molecule has 4 N–H and O–H groups in total. The van der Waals surface area contributed by atoms with Gasteiger partial charge in [-0.25, -0.2) is 15.8 Å². The number of hydrogen-bond donors (Lipinski definition) is 3. The number of likely N-dealkylation sites (N-methyl/N-ethyl adjacent to an activating group) is 1. The second-order valence-corrected chi connectivity index (χ2v) is 3.79. The molecule has 0 aliphatic heterocycles. The standard InChI is InChI=1S/C11H22N6/c1-3-6-17(4-2)7-5-13-10-8-11(16-12)15-9-14-10/h8-9H,3-7,12H2,1-2H3,(H2,13,14,15,16). The molecule has 0 aromatic carbocycles. The van der Waals surface area contributed by atoms with Crippen LogP contribution in [0.2, 0.25) is 0 Å². The van der Waals surface area contributed by atoms with Crippen molar-refractivity contribution in [1.29, 1.82) is 0 Å². The monoisotopic (exact) mass is 238 g/mol. The van der Waals surface area contributed by atoms with Crippen LogP contribution in [0.1, 0.15) is 20.3 Å². The summed E-state index contributed by atoms with van der Waals surface area (Å²) < 4.78 is 0. The van der Waals surface area contributed by atoms with Gasteiger partial charge in [0.1, 0.15) is 18.0 Å². The van der Waals surface area contributed by atoms with Crippen molar-refractivity contribution in [2.75, 3.05) is 36.9 Å². The second-order valence-electron chi connectivity index (χ2n) is 3.79. The SMILES string of the molecule is CCCN(CC)CCNc1cc(NN)ncn1. The lowest BCUT2D eigenvalue weighted by atomic mass is 10.4. The van der Waals surface area contributed by atoms with Crippen LogP contribution in [0.3, 0.4) is 0 Å². The van der Waals surface area contributed by atoms with Gasteiger partial charge in [-0.1, -0.05) is 13.8 Å². The van der Waals surface area contributed by atoms with Gasteiger partial charge in [0.2, 0.25) is 0 Å². The summed E-state index contributed by atoms with van der Waals surface area (Å²) >= 11 is 0. The van der Waals surface area contributed by atoms with Crippen molar-refractivity contribution in [1.82, 2.24) is 14.9 Å². The summed E-state index contributed by atoms with van der Waals surface area (Å²) in [5, 5.41) is 3.25. The fraction of sp³-hybridized carbons (Fsp3) is 0.636. The molecule has 1 heterocycles. The minimum atomic E-state index is 0.614. The topological polar surface area (TPSA) is 79.1 Å². The van der Waals surface area contributed by atoms with Gasteiger partial charge in [0.05, 0.1) is 0 Å². The minimum absolute atomic E-state index is 0.614. The van der Waals surface area contributed by atoms with Gasteiger partial charge >= 0.3 is 0 Å². The van der Waals surface area contributed by atoms with E-state index in [1.807, 2.05) is 0 Å². The average molecular weight is 238 g/mol. The van der Waals surface area contributed by atoms with Gasteiger partial charge < -0.3 is 15.6 Å². The Labute approximate surface area is 103 Å². The third-order valence-electron chi connectivity index (χ3n) is 2.54. The van der Waals surface area contributed by atoms with E-state index < -0.39 is 0 Å². The molecule has 0 saturated carbocycles. The summed E-state index contributed by atoms with van der Waals surface area (Å²) in [4.78, 5) is 10.5. The predicted molar refractivity (Wildman–Crippen MR) is 70.7 cm³/mol. The molecule has 0 atom stereocenters. The van der Waals surface area contributed by atoms with E-state index in [1.54, 1.807) is 6.07 Å². The number of hydrogen-bond acceptors (Lipinski definition) is 6. The molecule has 0 saturated heterocycles. The molecule has 0 fully saturated rings. The summed E-state index contributed by atoms with van der Waals surface area (Å²) in [5.41, 5.74) is 2.50. The van der Waals surface area contributed by atoms with Crippen molar-refractivity contribution in [3.63, 3.8) is 0 Å². The van der Waals surface area contributed by atoms with Crippen molar-refractivity contribution in [2.45, 2.75) is 20.3 Å². The number of nitrogens with zero attached hydrogens (tertiary/aromatic N) is 3. The molecular formula is C11H22N6. The lowest BCUT2D eigenvalue weighted by molar-refractivity contribution is 0.300. The van der Waals surface area contributed by atoms with E-state index >= 15 is 0 Å². The number of rotatable bonds is 8. The first-order valence-corrected chi connectivity index (χ1v) is 6.05. The molecule has 1 aromatic heterocycles. The van der Waals surface area contributed by atoms with Gasteiger partial charge in [-0.05, 0) is 19.5 Å². The molecule has 6 nitrogen and oxygen atoms in total. The Morgan fingerprint density at radius 3 is 2.65 bits per heavy atom. The van der Waals surface area contributed by atoms with Crippen LogP contribution >= 0.6 is 0 Å². The van der Waals surface area contributed by atoms with Crippen LogP contribution in [0.15, 0.2) is 12.4 Å². The first-order chi connectivity index (χ1) is 8.30. The molecule has 0 aliphatic carbocycles. The van der Waals surface area contributed by atoms with Crippen molar-refractivity contribution in [3.05, 3.63) is 12.4 Å². The van der Waals surface area contributed by atoms with Crippen LogP contribution in [0, 0.1) is 0 Å². The molecule has 0 unspecified atom stereocenters. The first-order valence-electron chi connectivity index (χ1n) is 6.05. The van der Waals surface area contributed by atoms with Crippen molar-refractivity contribution < 1.29 is 0 Å². The summed E-state index contributed by atoms with van der Waals surface area (Å²) in [7, 11) is 0. The molecule has 0 amide bonds. The Kier molecular flexibility index (Phi) is 6.27. The number of hydrazine groups is 1. The molecule has 0 aliphatic rings. The Balaban J connectivity index is 2.34. The first kappa shape index (κ1) is 13.7. The molecule has 1 aromatic rings. The average Bonchev–Trinajstić information content (AvgIpc) is 2.38. The maximum Gasteiger partial charge on any atom is 0.145 e. The smallest absolute Gasteiger partial charge is 0.145 e. The summed E-state index contributed by atoms with van der Waals surface area (Å²) in [5.74, 6) is 6.69. The minimum Gasteiger partial charge on any atom is -0.369 e. The van der Waals surface area contributed by atoms with Gasteiger partial charge in [-0.15, -0.1) is 0 Å². The van der Waals surface area contributed by atoms with Crippen LogP contribution in [-0.2, 0) is 0 Å². The number of nitrogen functional groups attached to an aromatic ring is 1. The Morgan fingerprint density at radius 1 is 1.24 bits per heavy atom.